The highest BCUT2D eigenvalue weighted by Gasteiger charge is 2.32. The van der Waals surface area contributed by atoms with Gasteiger partial charge in [0.2, 0.25) is 0 Å². The summed E-state index contributed by atoms with van der Waals surface area (Å²) < 4.78 is 0. The fraction of sp³-hybridized carbons (Fsp3) is 1.00. The van der Waals surface area contributed by atoms with Gasteiger partial charge in [0.25, 0.3) is 0 Å². The van der Waals surface area contributed by atoms with Gasteiger partial charge in [-0.25, -0.2) is 0 Å². The van der Waals surface area contributed by atoms with Gasteiger partial charge in [0, 0.05) is 18.6 Å². The van der Waals surface area contributed by atoms with Gasteiger partial charge in [0.05, 0.1) is 0 Å². The van der Waals surface area contributed by atoms with Gasteiger partial charge >= 0.3 is 0 Å². The van der Waals surface area contributed by atoms with Crippen molar-refractivity contribution in [2.75, 3.05) is 19.6 Å². The van der Waals surface area contributed by atoms with Crippen LogP contribution in [0, 0.1) is 11.8 Å². The molecule has 2 aliphatic rings. The highest BCUT2D eigenvalue weighted by atomic mass is 15.2. The van der Waals surface area contributed by atoms with Crippen molar-refractivity contribution < 1.29 is 0 Å². The Hall–Kier alpha value is -0.0800. The van der Waals surface area contributed by atoms with Gasteiger partial charge in [-0.05, 0) is 57.5 Å². The third-order valence-electron chi connectivity index (χ3n) is 5.25. The van der Waals surface area contributed by atoms with Crippen molar-refractivity contribution in [1.29, 1.82) is 0 Å². The molecule has 1 heterocycles. The zero-order valence-electron chi connectivity index (χ0n) is 12.6. The molecule has 0 amide bonds. The van der Waals surface area contributed by atoms with Crippen LogP contribution in [0.15, 0.2) is 0 Å². The number of nitrogens with zero attached hydrogens (tertiary/aromatic N) is 1. The zero-order chi connectivity index (χ0) is 13.0. The molecule has 18 heavy (non-hydrogen) atoms. The van der Waals surface area contributed by atoms with Crippen LogP contribution in [0.2, 0.25) is 0 Å². The lowest BCUT2D eigenvalue weighted by Crippen LogP contribution is -2.52. The first-order valence-electron chi connectivity index (χ1n) is 8.19. The topological polar surface area (TPSA) is 15.3 Å². The minimum absolute atomic E-state index is 0.761. The lowest BCUT2D eigenvalue weighted by Gasteiger charge is -2.42. The fourth-order valence-electron chi connectivity index (χ4n) is 3.92. The largest absolute Gasteiger partial charge is 0.314 e. The molecule has 0 aromatic carbocycles. The molecular weight excluding hydrogens is 220 g/mol. The van der Waals surface area contributed by atoms with Crippen molar-refractivity contribution in [2.45, 2.75) is 71.4 Å². The first-order valence-corrected chi connectivity index (χ1v) is 8.19. The van der Waals surface area contributed by atoms with Crippen LogP contribution in [0.1, 0.15) is 59.3 Å². The number of piperidine rings is 1. The van der Waals surface area contributed by atoms with Crippen molar-refractivity contribution in [3.63, 3.8) is 0 Å². The van der Waals surface area contributed by atoms with Crippen LogP contribution in [0.3, 0.4) is 0 Å². The summed E-state index contributed by atoms with van der Waals surface area (Å²) in [5.41, 5.74) is 0. The smallest absolute Gasteiger partial charge is 0.0117 e. The molecule has 3 unspecified atom stereocenters. The average Bonchev–Trinajstić information content (AvgIpc) is 2.90. The van der Waals surface area contributed by atoms with Crippen molar-refractivity contribution in [1.82, 2.24) is 10.2 Å². The standard InChI is InChI=1S/C16H32N2/c1-4-10-17-16-9-11-18(12-13(16)2)14(3)15-7-5-6-8-15/h13-17H,4-12H2,1-3H3. The molecule has 1 aliphatic heterocycles. The molecule has 1 N–H and O–H groups in total. The molecule has 106 valence electrons. The maximum atomic E-state index is 3.72. The normalized spacial score (nSPS) is 32.8. The lowest BCUT2D eigenvalue weighted by molar-refractivity contribution is 0.0829. The quantitative estimate of drug-likeness (QED) is 0.808. The van der Waals surface area contributed by atoms with Crippen LogP contribution in [0.4, 0.5) is 0 Å². The molecule has 3 atom stereocenters. The van der Waals surface area contributed by atoms with Crippen LogP contribution < -0.4 is 5.32 Å². The van der Waals surface area contributed by atoms with Gasteiger partial charge in [0.15, 0.2) is 0 Å². The van der Waals surface area contributed by atoms with E-state index in [1.54, 1.807) is 0 Å². The number of likely N-dealkylation sites (tertiary alicyclic amines) is 1. The Balaban J connectivity index is 1.79. The van der Waals surface area contributed by atoms with Gasteiger partial charge in [0.1, 0.15) is 0 Å². The second-order valence-corrected chi connectivity index (χ2v) is 6.61. The van der Waals surface area contributed by atoms with Crippen LogP contribution in [0.5, 0.6) is 0 Å². The van der Waals surface area contributed by atoms with E-state index in [-0.39, 0.29) is 0 Å². The summed E-state index contributed by atoms with van der Waals surface area (Å²) in [6, 6.07) is 1.58. The van der Waals surface area contributed by atoms with Gasteiger partial charge in [-0.15, -0.1) is 0 Å². The number of rotatable bonds is 5. The molecule has 1 saturated carbocycles. The Morgan fingerprint density at radius 2 is 1.94 bits per heavy atom. The summed E-state index contributed by atoms with van der Waals surface area (Å²) in [5, 5.41) is 3.72. The van der Waals surface area contributed by atoms with E-state index in [0.29, 0.717) is 0 Å². The summed E-state index contributed by atoms with van der Waals surface area (Å²) in [6.07, 6.45) is 8.49. The minimum Gasteiger partial charge on any atom is -0.314 e. The van der Waals surface area contributed by atoms with E-state index in [1.165, 1.54) is 58.2 Å². The predicted octanol–water partition coefficient (Wildman–Crippen LogP) is 3.28. The van der Waals surface area contributed by atoms with Crippen molar-refractivity contribution >= 4 is 0 Å². The Morgan fingerprint density at radius 3 is 2.56 bits per heavy atom. The van der Waals surface area contributed by atoms with Crippen LogP contribution in [0.25, 0.3) is 0 Å². The molecule has 2 rings (SSSR count). The third-order valence-corrected chi connectivity index (χ3v) is 5.25. The van der Waals surface area contributed by atoms with Crippen molar-refractivity contribution in [3.05, 3.63) is 0 Å². The van der Waals surface area contributed by atoms with Gasteiger partial charge in [-0.1, -0.05) is 26.7 Å². The highest BCUT2D eigenvalue weighted by molar-refractivity contribution is 4.88. The van der Waals surface area contributed by atoms with E-state index in [0.717, 1.165) is 23.9 Å². The first-order chi connectivity index (χ1) is 8.72. The molecule has 0 aromatic rings. The third kappa shape index (κ3) is 3.48. The van der Waals surface area contributed by atoms with E-state index in [1.807, 2.05) is 0 Å². The van der Waals surface area contributed by atoms with E-state index < -0.39 is 0 Å². The zero-order valence-corrected chi connectivity index (χ0v) is 12.6. The molecule has 1 saturated heterocycles. The number of nitrogens with one attached hydrogen (secondary N) is 1. The first kappa shape index (κ1) is 14.3. The predicted molar refractivity (Wildman–Crippen MR) is 78.9 cm³/mol. The van der Waals surface area contributed by atoms with Crippen LogP contribution in [-0.2, 0) is 0 Å². The molecule has 2 nitrogen and oxygen atoms in total. The summed E-state index contributed by atoms with van der Waals surface area (Å²) in [6.45, 7) is 11.0. The second kappa shape index (κ2) is 6.91. The monoisotopic (exact) mass is 252 g/mol. The SMILES string of the molecule is CCCNC1CCN(C(C)C2CCCC2)CC1C. The summed E-state index contributed by atoms with van der Waals surface area (Å²) >= 11 is 0. The van der Waals surface area contributed by atoms with Crippen LogP contribution in [-0.4, -0.2) is 36.6 Å². The Kier molecular flexibility index (Phi) is 5.50. The molecular formula is C16H32N2. The summed E-state index contributed by atoms with van der Waals surface area (Å²) in [7, 11) is 0. The fourth-order valence-corrected chi connectivity index (χ4v) is 3.92. The molecule has 0 aromatic heterocycles. The Morgan fingerprint density at radius 1 is 1.22 bits per heavy atom. The molecule has 2 fully saturated rings. The average molecular weight is 252 g/mol. The van der Waals surface area contributed by atoms with E-state index >= 15 is 0 Å². The van der Waals surface area contributed by atoms with Crippen molar-refractivity contribution in [2.24, 2.45) is 11.8 Å². The summed E-state index contributed by atoms with van der Waals surface area (Å²) in [4.78, 5) is 2.77. The second-order valence-electron chi connectivity index (χ2n) is 6.61. The van der Waals surface area contributed by atoms with Crippen molar-refractivity contribution in [3.8, 4) is 0 Å². The summed E-state index contributed by atoms with van der Waals surface area (Å²) in [5.74, 6) is 1.80. The minimum atomic E-state index is 0.761. The van der Waals surface area contributed by atoms with Gasteiger partial charge in [-0.3, -0.25) is 0 Å². The highest BCUT2D eigenvalue weighted by Crippen LogP contribution is 2.32. The van der Waals surface area contributed by atoms with Crippen LogP contribution >= 0.6 is 0 Å². The van der Waals surface area contributed by atoms with Gasteiger partial charge in [-0.2, -0.15) is 0 Å². The maximum Gasteiger partial charge on any atom is 0.0117 e. The Labute approximate surface area is 114 Å². The van der Waals surface area contributed by atoms with Gasteiger partial charge < -0.3 is 10.2 Å². The number of hydrogen-bond acceptors (Lipinski definition) is 2. The lowest BCUT2D eigenvalue weighted by atomic mass is 9.90. The molecule has 1 aliphatic carbocycles. The Bertz CT molecular complexity index is 235. The van der Waals surface area contributed by atoms with E-state index in [9.17, 15) is 0 Å². The van der Waals surface area contributed by atoms with E-state index in [2.05, 4.69) is 31.0 Å². The molecule has 0 radical (unpaired) electrons. The molecule has 0 bridgehead atoms. The van der Waals surface area contributed by atoms with E-state index in [4.69, 9.17) is 0 Å². The molecule has 0 spiro atoms. The number of hydrogen-bond donors (Lipinski definition) is 1. The molecule has 2 heteroatoms. The maximum absolute atomic E-state index is 3.72.